The minimum Gasteiger partial charge on any atom is -0.497 e. The van der Waals surface area contributed by atoms with Crippen LogP contribution in [0.1, 0.15) is 34.9 Å². The molecule has 31 heavy (non-hydrogen) atoms. The maximum absolute atomic E-state index is 13.1. The molecule has 162 valence electrons. The standard InChI is InChI=1S/C23H26N4O4/c1-24-22(28)21-16-7-4-5-8-17(16)23(29)27(25-21)14-26-12-6-9-19(26)18-11-10-15(30-2)13-20(18)31-3/h4-5,7-8,10-11,13,19H,6,9,12,14H2,1-3H3,(H,24,28). The van der Waals surface area contributed by atoms with Crippen LogP contribution in [0.15, 0.2) is 47.3 Å². The van der Waals surface area contributed by atoms with Crippen molar-refractivity contribution in [3.63, 3.8) is 0 Å². The predicted molar refractivity (Wildman–Crippen MR) is 118 cm³/mol. The van der Waals surface area contributed by atoms with Crippen molar-refractivity contribution in [3.8, 4) is 11.5 Å². The van der Waals surface area contributed by atoms with Crippen molar-refractivity contribution in [2.45, 2.75) is 25.6 Å². The van der Waals surface area contributed by atoms with E-state index in [9.17, 15) is 9.59 Å². The Kier molecular flexibility index (Phi) is 5.90. The van der Waals surface area contributed by atoms with Gasteiger partial charge in [-0.25, -0.2) is 4.68 Å². The Bertz CT molecular complexity index is 1170. The number of aromatic nitrogens is 2. The van der Waals surface area contributed by atoms with E-state index in [0.29, 0.717) is 10.8 Å². The lowest BCUT2D eigenvalue weighted by Crippen LogP contribution is -2.36. The summed E-state index contributed by atoms with van der Waals surface area (Å²) in [7, 11) is 4.82. The third-order valence-corrected chi connectivity index (χ3v) is 5.79. The first kappa shape index (κ1) is 20.9. The summed E-state index contributed by atoms with van der Waals surface area (Å²) in [6.45, 7) is 1.10. The van der Waals surface area contributed by atoms with Crippen LogP contribution in [-0.2, 0) is 6.67 Å². The Labute approximate surface area is 180 Å². The first-order valence-electron chi connectivity index (χ1n) is 10.2. The predicted octanol–water partition coefficient (Wildman–Crippen LogP) is 2.57. The number of amides is 1. The second kappa shape index (κ2) is 8.77. The van der Waals surface area contributed by atoms with Crippen LogP contribution in [0.5, 0.6) is 11.5 Å². The molecule has 1 fully saturated rings. The minimum absolute atomic E-state index is 0.0736. The number of hydrogen-bond acceptors (Lipinski definition) is 6. The molecular weight excluding hydrogens is 396 g/mol. The van der Waals surface area contributed by atoms with Gasteiger partial charge in [-0.3, -0.25) is 14.5 Å². The molecule has 8 heteroatoms. The van der Waals surface area contributed by atoms with Gasteiger partial charge in [0.1, 0.15) is 11.5 Å². The van der Waals surface area contributed by atoms with E-state index in [4.69, 9.17) is 9.47 Å². The van der Waals surface area contributed by atoms with Crippen molar-refractivity contribution in [3.05, 3.63) is 64.1 Å². The molecule has 1 aliphatic heterocycles. The minimum atomic E-state index is -0.320. The second-order valence-electron chi connectivity index (χ2n) is 7.50. The average Bonchev–Trinajstić information content (AvgIpc) is 3.27. The molecule has 1 amide bonds. The molecule has 1 aromatic heterocycles. The molecule has 0 bridgehead atoms. The van der Waals surface area contributed by atoms with Gasteiger partial charge in [0.15, 0.2) is 5.69 Å². The molecule has 1 saturated heterocycles. The maximum atomic E-state index is 13.1. The summed E-state index contributed by atoms with van der Waals surface area (Å²) in [5, 5.41) is 8.08. The van der Waals surface area contributed by atoms with E-state index < -0.39 is 0 Å². The number of ether oxygens (including phenoxy) is 2. The zero-order valence-electron chi connectivity index (χ0n) is 17.9. The first-order chi connectivity index (χ1) is 15.1. The molecule has 3 aromatic rings. The number of nitrogens with one attached hydrogen (secondary N) is 1. The molecule has 2 aromatic carbocycles. The molecule has 1 unspecified atom stereocenters. The van der Waals surface area contributed by atoms with E-state index in [2.05, 4.69) is 15.3 Å². The van der Waals surface area contributed by atoms with Crippen molar-refractivity contribution in [2.24, 2.45) is 0 Å². The summed E-state index contributed by atoms with van der Waals surface area (Å²) in [5.74, 6) is 1.16. The Morgan fingerprint density at radius 2 is 1.94 bits per heavy atom. The summed E-state index contributed by atoms with van der Waals surface area (Å²) < 4.78 is 12.3. The normalized spacial score (nSPS) is 16.4. The van der Waals surface area contributed by atoms with Crippen molar-refractivity contribution < 1.29 is 14.3 Å². The highest BCUT2D eigenvalue weighted by molar-refractivity contribution is 6.04. The molecule has 0 spiro atoms. The SMILES string of the molecule is CNC(=O)c1nn(CN2CCCC2c2ccc(OC)cc2OC)c(=O)c2ccccc12. The molecule has 1 atom stereocenters. The van der Waals surface area contributed by atoms with Gasteiger partial charge in [0.25, 0.3) is 11.5 Å². The summed E-state index contributed by atoms with van der Waals surface area (Å²) >= 11 is 0. The third-order valence-electron chi connectivity index (χ3n) is 5.79. The van der Waals surface area contributed by atoms with Crippen LogP contribution in [0.4, 0.5) is 0 Å². The van der Waals surface area contributed by atoms with Crippen molar-refractivity contribution >= 4 is 16.7 Å². The van der Waals surface area contributed by atoms with Crippen LogP contribution in [0.3, 0.4) is 0 Å². The lowest BCUT2D eigenvalue weighted by atomic mass is 10.0. The second-order valence-corrected chi connectivity index (χ2v) is 7.50. The third kappa shape index (κ3) is 3.86. The fourth-order valence-electron chi connectivity index (χ4n) is 4.23. The van der Waals surface area contributed by atoms with Gasteiger partial charge in [-0.1, -0.05) is 24.3 Å². The molecule has 1 aliphatic rings. The van der Waals surface area contributed by atoms with E-state index in [0.717, 1.165) is 36.4 Å². The Morgan fingerprint density at radius 3 is 2.65 bits per heavy atom. The van der Waals surface area contributed by atoms with E-state index >= 15 is 0 Å². The number of hydrogen-bond donors (Lipinski definition) is 1. The fraction of sp³-hybridized carbons (Fsp3) is 0.348. The molecule has 8 nitrogen and oxygen atoms in total. The molecular formula is C23H26N4O4. The van der Waals surface area contributed by atoms with Crippen molar-refractivity contribution in [1.29, 1.82) is 0 Å². The van der Waals surface area contributed by atoms with Crippen LogP contribution in [0.25, 0.3) is 10.8 Å². The molecule has 1 N–H and O–H groups in total. The number of benzene rings is 2. The number of nitrogens with zero attached hydrogens (tertiary/aromatic N) is 3. The maximum Gasteiger partial charge on any atom is 0.275 e. The van der Waals surface area contributed by atoms with E-state index in [-0.39, 0.29) is 29.9 Å². The number of rotatable bonds is 6. The van der Waals surface area contributed by atoms with Crippen LogP contribution >= 0.6 is 0 Å². The number of carbonyl (C=O) groups excluding carboxylic acids is 1. The van der Waals surface area contributed by atoms with Crippen LogP contribution < -0.4 is 20.3 Å². The van der Waals surface area contributed by atoms with Gasteiger partial charge in [-0.15, -0.1) is 0 Å². The van der Waals surface area contributed by atoms with Gasteiger partial charge in [-0.2, -0.15) is 5.10 Å². The van der Waals surface area contributed by atoms with Gasteiger partial charge >= 0.3 is 0 Å². The van der Waals surface area contributed by atoms with Crippen LogP contribution in [0.2, 0.25) is 0 Å². The number of likely N-dealkylation sites (tertiary alicyclic amines) is 1. The van der Waals surface area contributed by atoms with Gasteiger partial charge in [-0.05, 0) is 25.0 Å². The summed E-state index contributed by atoms with van der Waals surface area (Å²) in [6, 6.07) is 12.9. The topological polar surface area (TPSA) is 85.7 Å². The zero-order chi connectivity index (χ0) is 22.0. The number of carbonyl (C=O) groups is 1. The highest BCUT2D eigenvalue weighted by Gasteiger charge is 2.29. The van der Waals surface area contributed by atoms with E-state index in [1.165, 1.54) is 4.68 Å². The van der Waals surface area contributed by atoms with Crippen LogP contribution in [-0.4, -0.2) is 48.4 Å². The van der Waals surface area contributed by atoms with Gasteiger partial charge in [0, 0.05) is 36.7 Å². The molecule has 4 rings (SSSR count). The summed E-state index contributed by atoms with van der Waals surface area (Å²) in [4.78, 5) is 27.8. The molecule has 0 aliphatic carbocycles. The summed E-state index contributed by atoms with van der Waals surface area (Å²) in [6.07, 6.45) is 1.93. The Hall–Kier alpha value is -3.39. The summed E-state index contributed by atoms with van der Waals surface area (Å²) in [5.41, 5.74) is 1.08. The van der Waals surface area contributed by atoms with Crippen molar-refractivity contribution in [2.75, 3.05) is 27.8 Å². The highest BCUT2D eigenvalue weighted by Crippen LogP contribution is 2.38. The Balaban J connectivity index is 1.73. The molecule has 0 saturated carbocycles. The number of fused-ring (bicyclic) bond motifs is 1. The van der Waals surface area contributed by atoms with Crippen molar-refractivity contribution in [1.82, 2.24) is 20.0 Å². The first-order valence-corrected chi connectivity index (χ1v) is 10.2. The van der Waals surface area contributed by atoms with Gasteiger partial charge in [0.2, 0.25) is 0 Å². The smallest absolute Gasteiger partial charge is 0.275 e. The monoisotopic (exact) mass is 422 g/mol. The van der Waals surface area contributed by atoms with Crippen LogP contribution in [0, 0.1) is 0 Å². The zero-order valence-corrected chi connectivity index (χ0v) is 17.9. The fourth-order valence-corrected chi connectivity index (χ4v) is 4.23. The van der Waals surface area contributed by atoms with Gasteiger partial charge < -0.3 is 14.8 Å². The van der Waals surface area contributed by atoms with E-state index in [1.54, 1.807) is 45.5 Å². The van der Waals surface area contributed by atoms with E-state index in [1.807, 2.05) is 18.2 Å². The lowest BCUT2D eigenvalue weighted by Gasteiger charge is -2.26. The van der Waals surface area contributed by atoms with Gasteiger partial charge in [0.05, 0.1) is 26.3 Å². The lowest BCUT2D eigenvalue weighted by molar-refractivity contribution is 0.0955. The quantitative estimate of drug-likeness (QED) is 0.657. The largest absolute Gasteiger partial charge is 0.497 e. The Morgan fingerprint density at radius 1 is 1.16 bits per heavy atom. The average molecular weight is 422 g/mol. The number of methoxy groups -OCH3 is 2. The molecule has 0 radical (unpaired) electrons. The highest BCUT2D eigenvalue weighted by atomic mass is 16.5. The molecule has 2 heterocycles.